The average molecular weight is 302 g/mol. The molecule has 3 rings (SSSR count). The summed E-state index contributed by atoms with van der Waals surface area (Å²) in [5.74, 6) is 0.561. The maximum atomic E-state index is 12.2. The van der Waals surface area contributed by atoms with Gasteiger partial charge in [0, 0.05) is 17.8 Å². The second-order valence-corrected chi connectivity index (χ2v) is 7.06. The summed E-state index contributed by atoms with van der Waals surface area (Å²) in [6.45, 7) is 6.49. The summed E-state index contributed by atoms with van der Waals surface area (Å²) in [7, 11) is 0. The van der Waals surface area contributed by atoms with Crippen LogP contribution in [-0.2, 0) is 0 Å². The second-order valence-electron chi connectivity index (χ2n) is 5.97. The van der Waals surface area contributed by atoms with E-state index >= 15 is 0 Å². The van der Waals surface area contributed by atoms with Crippen molar-refractivity contribution in [3.05, 3.63) is 35.2 Å². The highest BCUT2D eigenvalue weighted by atomic mass is 32.1. The first-order chi connectivity index (χ1) is 10.2. The lowest BCUT2D eigenvalue weighted by molar-refractivity contribution is 0.0949. The van der Waals surface area contributed by atoms with Crippen molar-refractivity contribution in [1.29, 1.82) is 0 Å². The summed E-state index contributed by atoms with van der Waals surface area (Å²) in [5, 5.41) is 4.23. The minimum absolute atomic E-state index is 0.0597. The number of thiophene rings is 1. The van der Waals surface area contributed by atoms with Gasteiger partial charge in [0.05, 0.1) is 4.88 Å². The van der Waals surface area contributed by atoms with Crippen LogP contribution in [0.1, 0.15) is 29.4 Å². The highest BCUT2D eigenvalue weighted by Gasteiger charge is 2.16. The third-order valence-electron chi connectivity index (χ3n) is 4.03. The predicted molar refractivity (Wildman–Crippen MR) is 89.0 cm³/mol. The molecule has 21 heavy (non-hydrogen) atoms. The molecule has 112 valence electrons. The Morgan fingerprint density at radius 1 is 1.33 bits per heavy atom. The van der Waals surface area contributed by atoms with Crippen molar-refractivity contribution in [1.82, 2.24) is 10.2 Å². The Hall–Kier alpha value is -1.39. The average Bonchev–Trinajstić information content (AvgIpc) is 3.13. The Balaban J connectivity index is 1.53. The first-order valence-electron chi connectivity index (χ1n) is 7.71. The van der Waals surface area contributed by atoms with Gasteiger partial charge in [-0.2, -0.15) is 0 Å². The molecule has 0 saturated carbocycles. The fourth-order valence-corrected chi connectivity index (χ4v) is 3.90. The monoisotopic (exact) mass is 302 g/mol. The number of nitrogens with one attached hydrogen (secondary N) is 1. The molecule has 1 aromatic heterocycles. The minimum Gasteiger partial charge on any atom is -0.351 e. The Kier molecular flexibility index (Phi) is 4.56. The van der Waals surface area contributed by atoms with Crippen molar-refractivity contribution in [3.63, 3.8) is 0 Å². The Bertz CT molecular complexity index is 583. The molecule has 0 aliphatic carbocycles. The summed E-state index contributed by atoms with van der Waals surface area (Å²) < 4.78 is 1.17. The van der Waals surface area contributed by atoms with Gasteiger partial charge in [-0.05, 0) is 49.4 Å². The lowest BCUT2D eigenvalue weighted by Gasteiger charge is -2.20. The number of rotatable bonds is 5. The van der Waals surface area contributed by atoms with Crippen LogP contribution in [0.5, 0.6) is 0 Å². The van der Waals surface area contributed by atoms with Crippen molar-refractivity contribution < 1.29 is 4.79 Å². The van der Waals surface area contributed by atoms with E-state index in [9.17, 15) is 4.79 Å². The molecular weight excluding hydrogens is 280 g/mol. The number of carbonyl (C=O) groups excluding carboxylic acids is 1. The molecule has 0 radical (unpaired) electrons. The van der Waals surface area contributed by atoms with E-state index in [2.05, 4.69) is 29.3 Å². The zero-order valence-corrected chi connectivity index (χ0v) is 13.3. The number of carbonyl (C=O) groups is 1. The second kappa shape index (κ2) is 6.58. The number of hydrogen-bond acceptors (Lipinski definition) is 3. The smallest absolute Gasteiger partial charge is 0.261 e. The van der Waals surface area contributed by atoms with E-state index in [0.717, 1.165) is 23.4 Å². The lowest BCUT2D eigenvalue weighted by Crippen LogP contribution is -2.34. The molecule has 4 heteroatoms. The third-order valence-corrected chi connectivity index (χ3v) is 5.14. The number of nitrogens with zero attached hydrogens (tertiary/aromatic N) is 1. The molecule has 1 saturated heterocycles. The van der Waals surface area contributed by atoms with Crippen molar-refractivity contribution in [2.45, 2.75) is 19.8 Å². The molecule has 1 amide bonds. The molecule has 0 spiro atoms. The van der Waals surface area contributed by atoms with Crippen LogP contribution >= 0.6 is 11.3 Å². The maximum absolute atomic E-state index is 12.2. The Morgan fingerprint density at radius 2 is 2.10 bits per heavy atom. The van der Waals surface area contributed by atoms with E-state index in [4.69, 9.17) is 0 Å². The quantitative estimate of drug-likeness (QED) is 0.918. The first-order valence-corrected chi connectivity index (χ1v) is 8.53. The van der Waals surface area contributed by atoms with E-state index in [-0.39, 0.29) is 5.91 Å². The van der Waals surface area contributed by atoms with Gasteiger partial charge in [0.1, 0.15) is 0 Å². The van der Waals surface area contributed by atoms with E-state index < -0.39 is 0 Å². The van der Waals surface area contributed by atoms with Crippen LogP contribution in [0.25, 0.3) is 10.1 Å². The normalized spacial score (nSPS) is 17.2. The topological polar surface area (TPSA) is 32.3 Å². The minimum atomic E-state index is 0.0597. The molecule has 2 aromatic rings. The molecule has 0 unspecified atom stereocenters. The van der Waals surface area contributed by atoms with Crippen LogP contribution in [-0.4, -0.2) is 37.0 Å². The van der Waals surface area contributed by atoms with Gasteiger partial charge in [-0.1, -0.05) is 25.1 Å². The number of fused-ring (bicyclic) bond motifs is 1. The van der Waals surface area contributed by atoms with Crippen molar-refractivity contribution in [2.24, 2.45) is 5.92 Å². The molecule has 1 aliphatic rings. The van der Waals surface area contributed by atoms with Gasteiger partial charge in [-0.25, -0.2) is 0 Å². The van der Waals surface area contributed by atoms with Crippen LogP contribution in [0.4, 0.5) is 0 Å². The first kappa shape index (κ1) is 14.5. The zero-order valence-electron chi connectivity index (χ0n) is 12.5. The number of benzene rings is 1. The number of amides is 1. The Labute approximate surface area is 130 Å². The van der Waals surface area contributed by atoms with Crippen LogP contribution in [0, 0.1) is 5.92 Å². The van der Waals surface area contributed by atoms with Crippen LogP contribution in [0.15, 0.2) is 30.3 Å². The standard InChI is InChI=1S/C17H22N2OS/c1-13(12-19-8-4-5-9-19)11-18-17(20)16-10-14-6-2-3-7-15(14)21-16/h2-3,6-7,10,13H,4-5,8-9,11-12H2,1H3,(H,18,20)/t13-/m1/s1. The van der Waals surface area contributed by atoms with Gasteiger partial charge in [0.15, 0.2) is 0 Å². The molecule has 1 aromatic carbocycles. The van der Waals surface area contributed by atoms with Gasteiger partial charge < -0.3 is 10.2 Å². The fourth-order valence-electron chi connectivity index (χ4n) is 2.92. The Morgan fingerprint density at radius 3 is 2.86 bits per heavy atom. The van der Waals surface area contributed by atoms with Gasteiger partial charge in [-0.3, -0.25) is 4.79 Å². The SMILES string of the molecule is C[C@H](CNC(=O)c1cc2ccccc2s1)CN1CCCC1. The highest BCUT2D eigenvalue weighted by molar-refractivity contribution is 7.20. The number of hydrogen-bond donors (Lipinski definition) is 1. The van der Waals surface area contributed by atoms with Crippen LogP contribution in [0.2, 0.25) is 0 Å². The highest BCUT2D eigenvalue weighted by Crippen LogP contribution is 2.25. The largest absolute Gasteiger partial charge is 0.351 e. The molecule has 1 atom stereocenters. The number of likely N-dealkylation sites (tertiary alicyclic amines) is 1. The molecule has 1 N–H and O–H groups in total. The van der Waals surface area contributed by atoms with Crippen molar-refractivity contribution in [2.75, 3.05) is 26.2 Å². The molecule has 2 heterocycles. The summed E-state index contributed by atoms with van der Waals surface area (Å²) in [6.07, 6.45) is 2.64. The summed E-state index contributed by atoms with van der Waals surface area (Å²) >= 11 is 1.57. The summed E-state index contributed by atoms with van der Waals surface area (Å²) in [6, 6.07) is 10.1. The summed E-state index contributed by atoms with van der Waals surface area (Å²) in [4.78, 5) is 15.5. The van der Waals surface area contributed by atoms with Crippen LogP contribution in [0.3, 0.4) is 0 Å². The summed E-state index contributed by atoms with van der Waals surface area (Å²) in [5.41, 5.74) is 0. The molecule has 0 bridgehead atoms. The fraction of sp³-hybridized carbons (Fsp3) is 0.471. The molecule has 3 nitrogen and oxygen atoms in total. The zero-order chi connectivity index (χ0) is 14.7. The predicted octanol–water partition coefficient (Wildman–Crippen LogP) is 3.36. The lowest BCUT2D eigenvalue weighted by atomic mass is 10.1. The van der Waals surface area contributed by atoms with Gasteiger partial charge >= 0.3 is 0 Å². The third kappa shape index (κ3) is 3.63. The van der Waals surface area contributed by atoms with Crippen molar-refractivity contribution >= 4 is 27.3 Å². The van der Waals surface area contributed by atoms with Crippen LogP contribution < -0.4 is 5.32 Å². The molecule has 1 aliphatic heterocycles. The van der Waals surface area contributed by atoms with E-state index in [0.29, 0.717) is 5.92 Å². The van der Waals surface area contributed by atoms with Crippen molar-refractivity contribution in [3.8, 4) is 0 Å². The van der Waals surface area contributed by atoms with E-state index in [1.165, 1.54) is 30.6 Å². The molecule has 1 fully saturated rings. The van der Waals surface area contributed by atoms with Gasteiger partial charge in [-0.15, -0.1) is 11.3 Å². The van der Waals surface area contributed by atoms with E-state index in [1.54, 1.807) is 11.3 Å². The maximum Gasteiger partial charge on any atom is 0.261 e. The molecular formula is C17H22N2OS. The van der Waals surface area contributed by atoms with Gasteiger partial charge in [0.2, 0.25) is 0 Å². The van der Waals surface area contributed by atoms with E-state index in [1.807, 2.05) is 18.2 Å². The van der Waals surface area contributed by atoms with Gasteiger partial charge in [0.25, 0.3) is 5.91 Å².